The van der Waals surface area contributed by atoms with Crippen molar-refractivity contribution in [2.75, 3.05) is 6.79 Å². The van der Waals surface area contributed by atoms with Gasteiger partial charge in [0.05, 0.1) is 0 Å². The Labute approximate surface area is 174 Å². The fourth-order valence-corrected chi connectivity index (χ4v) is 4.68. The van der Waals surface area contributed by atoms with Crippen LogP contribution in [0.3, 0.4) is 0 Å². The molecule has 0 N–H and O–H groups in total. The molecule has 6 rings (SSSR count). The average Bonchev–Trinajstić information content (AvgIpc) is 3.45. The van der Waals surface area contributed by atoms with Gasteiger partial charge in [0.1, 0.15) is 11.3 Å². The van der Waals surface area contributed by atoms with E-state index in [-0.39, 0.29) is 6.79 Å². The third kappa shape index (κ3) is 2.34. The fraction of sp³-hybridized carbons (Fsp3) is 0.154. The summed E-state index contributed by atoms with van der Waals surface area (Å²) in [6, 6.07) is 22.9. The van der Waals surface area contributed by atoms with Gasteiger partial charge >= 0.3 is 0 Å². The van der Waals surface area contributed by atoms with Crippen LogP contribution in [0, 0.1) is 6.92 Å². The Hall–Kier alpha value is -3.66. The van der Waals surface area contributed by atoms with Gasteiger partial charge in [-0.3, -0.25) is 0 Å². The lowest BCUT2D eigenvalue weighted by atomic mass is 9.96. The molecule has 1 aliphatic rings. The number of aromatic nitrogens is 1. The van der Waals surface area contributed by atoms with Crippen molar-refractivity contribution in [3.63, 3.8) is 0 Å². The smallest absolute Gasteiger partial charge is 0.231 e. The largest absolute Gasteiger partial charge is 0.455 e. The number of aryl methyl sites for hydroxylation is 1. The van der Waals surface area contributed by atoms with Crippen LogP contribution >= 0.6 is 0 Å². The molecule has 1 aliphatic heterocycles. The summed E-state index contributed by atoms with van der Waals surface area (Å²) < 4.78 is 20.1. The predicted octanol–water partition coefficient (Wildman–Crippen LogP) is 6.78. The molecule has 0 saturated carbocycles. The number of hydrogen-bond acceptors (Lipinski definition) is 3. The van der Waals surface area contributed by atoms with E-state index in [0.29, 0.717) is 0 Å². The summed E-state index contributed by atoms with van der Waals surface area (Å²) in [4.78, 5) is 0. The monoisotopic (exact) mass is 395 g/mol. The molecule has 2 aromatic heterocycles. The lowest BCUT2D eigenvalue weighted by Gasteiger charge is -2.07. The van der Waals surface area contributed by atoms with Crippen LogP contribution in [0.25, 0.3) is 44.3 Å². The van der Waals surface area contributed by atoms with Crippen LogP contribution in [0.15, 0.2) is 71.1 Å². The lowest BCUT2D eigenvalue weighted by molar-refractivity contribution is 0.174. The van der Waals surface area contributed by atoms with Crippen LogP contribution in [0.4, 0.5) is 0 Å². The van der Waals surface area contributed by atoms with Crippen LogP contribution in [-0.2, 0) is 6.54 Å². The third-order valence-electron chi connectivity index (χ3n) is 6.02. The second-order valence-corrected chi connectivity index (χ2v) is 7.60. The van der Waals surface area contributed by atoms with Gasteiger partial charge in [0, 0.05) is 51.3 Å². The Morgan fingerprint density at radius 2 is 1.57 bits per heavy atom. The van der Waals surface area contributed by atoms with Crippen LogP contribution in [0.5, 0.6) is 11.5 Å². The molecular weight excluding hydrogens is 374 g/mol. The van der Waals surface area contributed by atoms with Gasteiger partial charge in [-0.1, -0.05) is 48.5 Å². The van der Waals surface area contributed by atoms with Gasteiger partial charge in [0.25, 0.3) is 0 Å². The van der Waals surface area contributed by atoms with Gasteiger partial charge < -0.3 is 18.5 Å². The number of fused-ring (bicyclic) bond motifs is 3. The highest BCUT2D eigenvalue weighted by Crippen LogP contribution is 2.48. The van der Waals surface area contributed by atoms with Crippen LogP contribution in [0.2, 0.25) is 0 Å². The molecule has 0 bridgehead atoms. The Bertz CT molecular complexity index is 1410. The molecule has 148 valence electrons. The van der Waals surface area contributed by atoms with Crippen LogP contribution < -0.4 is 9.47 Å². The van der Waals surface area contributed by atoms with E-state index in [9.17, 15) is 0 Å². The zero-order valence-electron chi connectivity index (χ0n) is 16.9. The average molecular weight is 395 g/mol. The summed E-state index contributed by atoms with van der Waals surface area (Å²) in [6.45, 7) is 5.54. The van der Waals surface area contributed by atoms with E-state index >= 15 is 0 Å². The summed E-state index contributed by atoms with van der Waals surface area (Å²) >= 11 is 0. The molecule has 0 unspecified atom stereocenters. The first-order chi connectivity index (χ1) is 14.8. The van der Waals surface area contributed by atoms with E-state index in [1.165, 1.54) is 22.2 Å². The summed E-state index contributed by atoms with van der Waals surface area (Å²) in [5, 5.41) is 2.27. The van der Waals surface area contributed by atoms with Gasteiger partial charge in [-0.15, -0.1) is 0 Å². The predicted molar refractivity (Wildman–Crippen MR) is 119 cm³/mol. The van der Waals surface area contributed by atoms with Gasteiger partial charge in [0.2, 0.25) is 6.79 Å². The lowest BCUT2D eigenvalue weighted by Crippen LogP contribution is -1.96. The highest BCUT2D eigenvalue weighted by molar-refractivity contribution is 6.11. The first-order valence-electron chi connectivity index (χ1n) is 10.3. The molecule has 0 radical (unpaired) electrons. The number of benzene rings is 3. The zero-order valence-corrected chi connectivity index (χ0v) is 16.9. The van der Waals surface area contributed by atoms with Gasteiger partial charge in [-0.05, 0) is 26.0 Å². The number of nitrogens with zero attached hydrogens (tertiary/aromatic N) is 1. The van der Waals surface area contributed by atoms with Crippen LogP contribution in [0.1, 0.15) is 12.6 Å². The van der Waals surface area contributed by atoms with Gasteiger partial charge in [-0.2, -0.15) is 0 Å². The first-order valence-corrected chi connectivity index (χ1v) is 10.3. The number of rotatable bonds is 3. The van der Waals surface area contributed by atoms with E-state index in [2.05, 4.69) is 60.9 Å². The molecule has 0 saturated heterocycles. The van der Waals surface area contributed by atoms with Crippen LogP contribution in [-0.4, -0.2) is 11.4 Å². The minimum absolute atomic E-state index is 0.247. The summed E-state index contributed by atoms with van der Waals surface area (Å²) in [5.41, 5.74) is 6.65. The van der Waals surface area contributed by atoms with Gasteiger partial charge in [0.15, 0.2) is 11.5 Å². The maximum Gasteiger partial charge on any atom is 0.231 e. The second-order valence-electron chi connectivity index (χ2n) is 7.60. The molecule has 3 aromatic carbocycles. The Balaban J connectivity index is 1.77. The highest BCUT2D eigenvalue weighted by atomic mass is 16.7. The van der Waals surface area contributed by atoms with Crippen molar-refractivity contribution in [2.45, 2.75) is 20.4 Å². The number of hydrogen-bond donors (Lipinski definition) is 0. The molecule has 0 amide bonds. The topological polar surface area (TPSA) is 36.5 Å². The molecular formula is C26H21NO3. The molecule has 3 heterocycles. The minimum atomic E-state index is 0.247. The SMILES string of the molecule is CCn1c(C)c(-c2c(-c3ccccc3)oc3cc4c(cc23)OCO4)c2ccccc21. The van der Waals surface area contributed by atoms with E-state index in [4.69, 9.17) is 13.9 Å². The summed E-state index contributed by atoms with van der Waals surface area (Å²) in [5.74, 6) is 2.37. The number of ether oxygens (including phenoxy) is 2. The van der Waals surface area contributed by atoms with Crippen molar-refractivity contribution in [2.24, 2.45) is 0 Å². The molecule has 0 spiro atoms. The van der Waals surface area contributed by atoms with E-state index in [1.807, 2.05) is 24.3 Å². The number of para-hydroxylation sites is 1. The molecule has 4 heteroatoms. The molecule has 0 fully saturated rings. The van der Waals surface area contributed by atoms with Crippen molar-refractivity contribution in [1.29, 1.82) is 0 Å². The Morgan fingerprint density at radius 1 is 0.833 bits per heavy atom. The van der Waals surface area contributed by atoms with Gasteiger partial charge in [-0.25, -0.2) is 0 Å². The van der Waals surface area contributed by atoms with Crippen molar-refractivity contribution < 1.29 is 13.9 Å². The zero-order chi connectivity index (χ0) is 20.2. The minimum Gasteiger partial charge on any atom is -0.455 e. The Morgan fingerprint density at radius 3 is 2.37 bits per heavy atom. The fourth-order valence-electron chi connectivity index (χ4n) is 4.68. The quantitative estimate of drug-likeness (QED) is 0.338. The number of furan rings is 1. The van der Waals surface area contributed by atoms with E-state index in [0.717, 1.165) is 45.9 Å². The maximum absolute atomic E-state index is 6.47. The molecule has 0 aliphatic carbocycles. The van der Waals surface area contributed by atoms with Crippen molar-refractivity contribution >= 4 is 21.9 Å². The normalized spacial score (nSPS) is 12.9. The maximum atomic E-state index is 6.47. The molecule has 30 heavy (non-hydrogen) atoms. The van der Waals surface area contributed by atoms with E-state index in [1.54, 1.807) is 0 Å². The Kier molecular flexibility index (Phi) is 3.69. The molecule has 5 aromatic rings. The summed E-state index contributed by atoms with van der Waals surface area (Å²) in [6.07, 6.45) is 0. The van der Waals surface area contributed by atoms with Crippen molar-refractivity contribution in [3.8, 4) is 33.9 Å². The molecule has 4 nitrogen and oxygen atoms in total. The van der Waals surface area contributed by atoms with E-state index < -0.39 is 0 Å². The molecule has 0 atom stereocenters. The third-order valence-corrected chi connectivity index (χ3v) is 6.02. The second kappa shape index (κ2) is 6.42. The summed E-state index contributed by atoms with van der Waals surface area (Å²) in [7, 11) is 0. The first kappa shape index (κ1) is 17.2. The highest BCUT2D eigenvalue weighted by Gasteiger charge is 2.26. The standard InChI is InChI=1S/C26H21NO3/c1-3-27-16(2)24(18-11-7-8-12-20(18)27)25-19-13-22-23(29-15-28-22)14-21(19)30-26(25)17-9-5-4-6-10-17/h4-14H,3,15H2,1-2H3. The van der Waals surface area contributed by atoms with Crippen molar-refractivity contribution in [1.82, 2.24) is 4.57 Å². The van der Waals surface area contributed by atoms with Crippen molar-refractivity contribution in [3.05, 3.63) is 72.4 Å².